The van der Waals surface area contributed by atoms with E-state index in [1.54, 1.807) is 18.2 Å². The summed E-state index contributed by atoms with van der Waals surface area (Å²) in [4.78, 5) is 11.4. The molecule has 1 aromatic carbocycles. The van der Waals surface area contributed by atoms with Gasteiger partial charge >= 0.3 is 0 Å². The number of hydrogen-bond acceptors (Lipinski definition) is 5. The van der Waals surface area contributed by atoms with Crippen LogP contribution in [-0.4, -0.2) is 22.6 Å². The second-order valence-electron chi connectivity index (χ2n) is 3.41. The maximum Gasteiger partial charge on any atom is 0.247 e. The minimum absolute atomic E-state index is 0.116. The number of nitrogens with zero attached hydrogens (tertiary/aromatic N) is 2. The van der Waals surface area contributed by atoms with Crippen LogP contribution in [-0.2, 0) is 4.79 Å². The number of rotatable bonds is 4. The summed E-state index contributed by atoms with van der Waals surface area (Å²) < 4.78 is 5.07. The average Bonchev–Trinajstić information content (AvgIpc) is 2.83. The van der Waals surface area contributed by atoms with Gasteiger partial charge in [-0.25, -0.2) is 0 Å². The number of aromatic nitrogens is 2. The van der Waals surface area contributed by atoms with E-state index in [4.69, 9.17) is 10.2 Å². The third kappa shape index (κ3) is 2.88. The van der Waals surface area contributed by atoms with Crippen molar-refractivity contribution < 1.29 is 9.21 Å². The summed E-state index contributed by atoms with van der Waals surface area (Å²) in [7, 11) is 0. The number of hydrogen-bond donors (Lipinski definition) is 2. The lowest BCUT2D eigenvalue weighted by Crippen LogP contribution is -2.16. The highest BCUT2D eigenvalue weighted by Crippen LogP contribution is 2.20. The predicted octanol–water partition coefficient (Wildman–Crippen LogP) is 1.02. The molecule has 0 aliphatic heterocycles. The van der Waals surface area contributed by atoms with Gasteiger partial charge in [-0.2, -0.15) is 0 Å². The molecular formula is C11H12N4O2. The molecule has 6 heteroatoms. The van der Waals surface area contributed by atoms with Crippen LogP contribution in [0.3, 0.4) is 0 Å². The van der Waals surface area contributed by atoms with E-state index in [9.17, 15) is 4.79 Å². The van der Waals surface area contributed by atoms with Gasteiger partial charge in [0, 0.05) is 24.2 Å². The Morgan fingerprint density at radius 2 is 2.35 bits per heavy atom. The molecule has 0 saturated heterocycles. The zero-order chi connectivity index (χ0) is 12.1. The Morgan fingerprint density at radius 1 is 1.47 bits per heavy atom. The van der Waals surface area contributed by atoms with Crippen LogP contribution in [0.2, 0.25) is 0 Å². The lowest BCUT2D eigenvalue weighted by Gasteiger charge is -2.04. The van der Waals surface area contributed by atoms with Gasteiger partial charge in [0.25, 0.3) is 0 Å². The SMILES string of the molecule is NCCC(=O)Nc1cccc(-c2nnco2)c1. The molecule has 88 valence electrons. The number of nitrogens with one attached hydrogen (secondary N) is 1. The number of carbonyl (C=O) groups is 1. The Morgan fingerprint density at radius 3 is 3.06 bits per heavy atom. The van der Waals surface area contributed by atoms with E-state index >= 15 is 0 Å². The van der Waals surface area contributed by atoms with Crippen molar-refractivity contribution in [1.29, 1.82) is 0 Å². The van der Waals surface area contributed by atoms with Gasteiger partial charge in [0.2, 0.25) is 18.2 Å². The zero-order valence-electron chi connectivity index (χ0n) is 9.09. The molecule has 0 atom stereocenters. The Hall–Kier alpha value is -2.21. The van der Waals surface area contributed by atoms with Gasteiger partial charge in [0.05, 0.1) is 0 Å². The van der Waals surface area contributed by atoms with Crippen molar-refractivity contribution >= 4 is 11.6 Å². The Kier molecular flexibility index (Phi) is 3.46. The highest BCUT2D eigenvalue weighted by atomic mass is 16.4. The normalized spacial score (nSPS) is 10.2. The lowest BCUT2D eigenvalue weighted by atomic mass is 10.2. The molecule has 17 heavy (non-hydrogen) atoms. The van der Waals surface area contributed by atoms with Crippen LogP contribution < -0.4 is 11.1 Å². The minimum Gasteiger partial charge on any atom is -0.423 e. The molecule has 0 aliphatic carbocycles. The van der Waals surface area contributed by atoms with E-state index in [1.165, 1.54) is 6.39 Å². The quantitative estimate of drug-likeness (QED) is 0.820. The predicted molar refractivity (Wildman–Crippen MR) is 62.0 cm³/mol. The van der Waals surface area contributed by atoms with Crippen molar-refractivity contribution in [1.82, 2.24) is 10.2 Å². The van der Waals surface area contributed by atoms with Crippen molar-refractivity contribution in [3.05, 3.63) is 30.7 Å². The zero-order valence-corrected chi connectivity index (χ0v) is 9.09. The van der Waals surface area contributed by atoms with Crippen molar-refractivity contribution in [3.63, 3.8) is 0 Å². The van der Waals surface area contributed by atoms with Gasteiger partial charge in [0.15, 0.2) is 0 Å². The van der Waals surface area contributed by atoms with Crippen molar-refractivity contribution in [2.24, 2.45) is 5.73 Å². The van der Waals surface area contributed by atoms with Crippen LogP contribution in [0, 0.1) is 0 Å². The summed E-state index contributed by atoms with van der Waals surface area (Å²) in [6.45, 7) is 0.329. The van der Waals surface area contributed by atoms with Crippen LogP contribution in [0.25, 0.3) is 11.5 Å². The number of amides is 1. The molecule has 0 saturated carbocycles. The molecule has 0 radical (unpaired) electrons. The average molecular weight is 232 g/mol. The fourth-order valence-electron chi connectivity index (χ4n) is 1.38. The molecule has 6 nitrogen and oxygen atoms in total. The molecular weight excluding hydrogens is 220 g/mol. The molecule has 0 bridgehead atoms. The van der Waals surface area contributed by atoms with E-state index in [1.807, 2.05) is 6.07 Å². The van der Waals surface area contributed by atoms with E-state index in [2.05, 4.69) is 15.5 Å². The van der Waals surface area contributed by atoms with Gasteiger partial charge in [-0.1, -0.05) is 6.07 Å². The van der Waals surface area contributed by atoms with Gasteiger partial charge in [-0.3, -0.25) is 4.79 Å². The van der Waals surface area contributed by atoms with Gasteiger partial charge in [-0.15, -0.1) is 10.2 Å². The maximum absolute atomic E-state index is 11.4. The maximum atomic E-state index is 11.4. The monoisotopic (exact) mass is 232 g/mol. The molecule has 1 aromatic heterocycles. The summed E-state index contributed by atoms with van der Waals surface area (Å²) in [6, 6.07) is 7.18. The fraction of sp³-hybridized carbons (Fsp3) is 0.182. The Balaban J connectivity index is 2.15. The number of benzene rings is 1. The topological polar surface area (TPSA) is 94.0 Å². The number of anilines is 1. The molecule has 0 fully saturated rings. The molecule has 1 heterocycles. The molecule has 2 aromatic rings. The number of nitrogens with two attached hydrogens (primary N) is 1. The van der Waals surface area contributed by atoms with E-state index < -0.39 is 0 Å². The van der Waals surface area contributed by atoms with Gasteiger partial charge in [-0.05, 0) is 18.2 Å². The molecule has 0 spiro atoms. The number of carbonyl (C=O) groups excluding carboxylic acids is 1. The van der Waals surface area contributed by atoms with Crippen molar-refractivity contribution in [2.75, 3.05) is 11.9 Å². The van der Waals surface area contributed by atoms with Crippen LogP contribution >= 0.6 is 0 Å². The van der Waals surface area contributed by atoms with Crippen LogP contribution in [0.15, 0.2) is 35.1 Å². The molecule has 0 aliphatic rings. The Bertz CT molecular complexity index is 496. The summed E-state index contributed by atoms with van der Waals surface area (Å²) in [6.07, 6.45) is 1.56. The summed E-state index contributed by atoms with van der Waals surface area (Å²) >= 11 is 0. The van der Waals surface area contributed by atoms with Crippen molar-refractivity contribution in [2.45, 2.75) is 6.42 Å². The lowest BCUT2D eigenvalue weighted by molar-refractivity contribution is -0.116. The first-order valence-corrected chi connectivity index (χ1v) is 5.16. The highest BCUT2D eigenvalue weighted by molar-refractivity contribution is 5.91. The van der Waals surface area contributed by atoms with Crippen LogP contribution in [0.5, 0.6) is 0 Å². The van der Waals surface area contributed by atoms with Gasteiger partial charge in [0.1, 0.15) is 0 Å². The molecule has 2 rings (SSSR count). The van der Waals surface area contributed by atoms with Crippen LogP contribution in [0.1, 0.15) is 6.42 Å². The van der Waals surface area contributed by atoms with Gasteiger partial charge < -0.3 is 15.5 Å². The van der Waals surface area contributed by atoms with E-state index in [0.29, 0.717) is 24.5 Å². The van der Waals surface area contributed by atoms with Crippen molar-refractivity contribution in [3.8, 4) is 11.5 Å². The minimum atomic E-state index is -0.116. The smallest absolute Gasteiger partial charge is 0.247 e. The molecule has 0 unspecified atom stereocenters. The summed E-state index contributed by atoms with van der Waals surface area (Å²) in [5.74, 6) is 0.301. The second-order valence-corrected chi connectivity index (χ2v) is 3.41. The largest absolute Gasteiger partial charge is 0.423 e. The summed E-state index contributed by atoms with van der Waals surface area (Å²) in [5, 5.41) is 10.1. The second kappa shape index (κ2) is 5.22. The third-order valence-corrected chi connectivity index (χ3v) is 2.12. The first-order chi connectivity index (χ1) is 8.29. The highest BCUT2D eigenvalue weighted by Gasteiger charge is 2.05. The van der Waals surface area contributed by atoms with Crippen LogP contribution in [0.4, 0.5) is 5.69 Å². The molecule has 1 amide bonds. The first-order valence-electron chi connectivity index (χ1n) is 5.16. The fourth-order valence-corrected chi connectivity index (χ4v) is 1.38. The third-order valence-electron chi connectivity index (χ3n) is 2.12. The standard InChI is InChI=1S/C11H12N4O2/c12-5-4-10(16)14-9-3-1-2-8(6-9)11-15-13-7-17-11/h1-3,6-7H,4-5,12H2,(H,14,16). The molecule has 3 N–H and O–H groups in total. The van der Waals surface area contributed by atoms with E-state index in [-0.39, 0.29) is 5.91 Å². The first kappa shape index (κ1) is 11.3. The summed E-state index contributed by atoms with van der Waals surface area (Å²) in [5.41, 5.74) is 6.73. The van der Waals surface area contributed by atoms with E-state index in [0.717, 1.165) is 5.56 Å². The Labute approximate surface area is 97.8 Å².